The van der Waals surface area contributed by atoms with E-state index in [0.29, 0.717) is 6.61 Å². The molecule has 2 atom stereocenters. The van der Waals surface area contributed by atoms with Gasteiger partial charge in [-0.05, 0) is 41.0 Å². The van der Waals surface area contributed by atoms with E-state index in [1.165, 1.54) is 0 Å². The first kappa shape index (κ1) is 16.9. The Morgan fingerprint density at radius 2 is 1.72 bits per heavy atom. The third-order valence-electron chi connectivity index (χ3n) is 2.88. The summed E-state index contributed by atoms with van der Waals surface area (Å²) in [7, 11) is 0. The molecule has 5 nitrogen and oxygen atoms in total. The van der Waals surface area contributed by atoms with Crippen LogP contribution in [0.25, 0.3) is 0 Å². The molecule has 18 heavy (non-hydrogen) atoms. The molecule has 0 radical (unpaired) electrons. The molecule has 0 saturated heterocycles. The van der Waals surface area contributed by atoms with Crippen LogP contribution in [0.5, 0.6) is 0 Å². The Hall–Kier alpha value is -1.10. The minimum Gasteiger partial charge on any atom is -0.465 e. The molecule has 0 bridgehead atoms. The molecule has 0 spiro atoms. The SMILES string of the molecule is CCOC(=O)C(C)NC(C)C(=O)NC(C)(C)CC. The van der Waals surface area contributed by atoms with Gasteiger partial charge in [-0.1, -0.05) is 6.92 Å². The Bertz CT molecular complexity index is 290. The maximum Gasteiger partial charge on any atom is 0.322 e. The summed E-state index contributed by atoms with van der Waals surface area (Å²) in [4.78, 5) is 23.3. The summed E-state index contributed by atoms with van der Waals surface area (Å²) in [6.07, 6.45) is 0.846. The summed E-state index contributed by atoms with van der Waals surface area (Å²) in [5, 5.41) is 5.85. The normalized spacial score (nSPS) is 14.8. The standard InChI is InChI=1S/C13H26N2O3/c1-7-13(5,6)15-11(16)9(3)14-10(4)12(17)18-8-2/h9-10,14H,7-8H2,1-6H3,(H,15,16). The van der Waals surface area contributed by atoms with Crippen LogP contribution in [0.2, 0.25) is 0 Å². The van der Waals surface area contributed by atoms with Crippen LogP contribution in [-0.2, 0) is 14.3 Å². The van der Waals surface area contributed by atoms with E-state index in [1.54, 1.807) is 20.8 Å². The average Bonchev–Trinajstić information content (AvgIpc) is 2.28. The van der Waals surface area contributed by atoms with Gasteiger partial charge in [0.1, 0.15) is 6.04 Å². The highest BCUT2D eigenvalue weighted by molar-refractivity contribution is 5.83. The highest BCUT2D eigenvalue weighted by Gasteiger charge is 2.24. The molecular formula is C13H26N2O3. The molecule has 0 aromatic heterocycles. The molecule has 0 fully saturated rings. The molecule has 2 unspecified atom stereocenters. The third-order valence-corrected chi connectivity index (χ3v) is 2.88. The first-order valence-electron chi connectivity index (χ1n) is 6.48. The predicted octanol–water partition coefficient (Wildman–Crippen LogP) is 1.22. The van der Waals surface area contributed by atoms with Crippen LogP contribution in [0.1, 0.15) is 48.0 Å². The Kier molecular flexibility index (Phi) is 6.91. The number of carbonyl (C=O) groups excluding carboxylic acids is 2. The number of rotatable bonds is 7. The van der Waals surface area contributed by atoms with Crippen molar-refractivity contribution in [2.75, 3.05) is 6.61 Å². The summed E-state index contributed by atoms with van der Waals surface area (Å²) < 4.78 is 4.87. The van der Waals surface area contributed by atoms with Gasteiger partial charge in [0.25, 0.3) is 0 Å². The smallest absolute Gasteiger partial charge is 0.322 e. The molecule has 0 saturated carbocycles. The third kappa shape index (κ3) is 6.00. The topological polar surface area (TPSA) is 67.4 Å². The predicted molar refractivity (Wildman–Crippen MR) is 71.2 cm³/mol. The number of nitrogens with one attached hydrogen (secondary N) is 2. The van der Waals surface area contributed by atoms with Crippen LogP contribution in [0.3, 0.4) is 0 Å². The molecule has 0 aliphatic carbocycles. The van der Waals surface area contributed by atoms with Crippen molar-refractivity contribution in [3.05, 3.63) is 0 Å². The van der Waals surface area contributed by atoms with Crippen molar-refractivity contribution in [1.29, 1.82) is 0 Å². The Labute approximate surface area is 110 Å². The molecule has 0 aliphatic heterocycles. The van der Waals surface area contributed by atoms with Gasteiger partial charge in [-0.2, -0.15) is 0 Å². The van der Waals surface area contributed by atoms with Crippen LogP contribution in [0, 0.1) is 0 Å². The highest BCUT2D eigenvalue weighted by Crippen LogP contribution is 2.07. The van der Waals surface area contributed by atoms with E-state index in [9.17, 15) is 9.59 Å². The monoisotopic (exact) mass is 258 g/mol. The summed E-state index contributed by atoms with van der Waals surface area (Å²) in [6, 6.07) is -0.925. The van der Waals surface area contributed by atoms with Crippen molar-refractivity contribution in [2.45, 2.75) is 65.6 Å². The second-order valence-electron chi connectivity index (χ2n) is 5.09. The van der Waals surface area contributed by atoms with E-state index in [1.807, 2.05) is 20.8 Å². The van der Waals surface area contributed by atoms with Gasteiger partial charge >= 0.3 is 5.97 Å². The number of carbonyl (C=O) groups is 2. The van der Waals surface area contributed by atoms with Gasteiger partial charge in [0.05, 0.1) is 12.6 Å². The van der Waals surface area contributed by atoms with E-state index in [4.69, 9.17) is 4.74 Å². The quantitative estimate of drug-likeness (QED) is 0.674. The highest BCUT2D eigenvalue weighted by atomic mass is 16.5. The maximum absolute atomic E-state index is 11.9. The minimum absolute atomic E-state index is 0.113. The number of hydrogen-bond acceptors (Lipinski definition) is 4. The Morgan fingerprint density at radius 1 is 1.17 bits per heavy atom. The fourth-order valence-corrected chi connectivity index (χ4v) is 1.32. The molecular weight excluding hydrogens is 232 g/mol. The lowest BCUT2D eigenvalue weighted by atomic mass is 10.0. The van der Waals surface area contributed by atoms with E-state index in [2.05, 4.69) is 10.6 Å². The van der Waals surface area contributed by atoms with E-state index in [0.717, 1.165) is 6.42 Å². The Morgan fingerprint density at radius 3 is 2.17 bits per heavy atom. The van der Waals surface area contributed by atoms with Gasteiger partial charge in [0.15, 0.2) is 0 Å². The lowest BCUT2D eigenvalue weighted by Gasteiger charge is -2.27. The molecule has 5 heteroatoms. The molecule has 0 aliphatic rings. The zero-order valence-electron chi connectivity index (χ0n) is 12.3. The fraction of sp³-hybridized carbons (Fsp3) is 0.846. The minimum atomic E-state index is -0.490. The zero-order valence-corrected chi connectivity index (χ0v) is 12.3. The second kappa shape index (κ2) is 7.36. The average molecular weight is 258 g/mol. The largest absolute Gasteiger partial charge is 0.465 e. The van der Waals surface area contributed by atoms with Crippen molar-refractivity contribution in [3.63, 3.8) is 0 Å². The molecule has 0 heterocycles. The number of ether oxygens (including phenoxy) is 1. The zero-order chi connectivity index (χ0) is 14.3. The summed E-state index contributed by atoms with van der Waals surface area (Å²) in [5.74, 6) is -0.454. The molecule has 0 aromatic rings. The van der Waals surface area contributed by atoms with Gasteiger partial charge < -0.3 is 10.1 Å². The summed E-state index contributed by atoms with van der Waals surface area (Å²) in [6.45, 7) is 11.5. The van der Waals surface area contributed by atoms with Crippen LogP contribution in [0.4, 0.5) is 0 Å². The maximum atomic E-state index is 11.9. The van der Waals surface area contributed by atoms with Crippen molar-refractivity contribution in [3.8, 4) is 0 Å². The van der Waals surface area contributed by atoms with Crippen molar-refractivity contribution in [1.82, 2.24) is 10.6 Å². The molecule has 0 aromatic carbocycles. The van der Waals surface area contributed by atoms with Gasteiger partial charge in [-0.25, -0.2) is 0 Å². The molecule has 0 rings (SSSR count). The Balaban J connectivity index is 4.28. The molecule has 2 N–H and O–H groups in total. The van der Waals surface area contributed by atoms with E-state index in [-0.39, 0.29) is 17.4 Å². The van der Waals surface area contributed by atoms with Gasteiger partial charge in [-0.15, -0.1) is 0 Å². The van der Waals surface area contributed by atoms with E-state index >= 15 is 0 Å². The number of amides is 1. The van der Waals surface area contributed by atoms with Crippen LogP contribution < -0.4 is 10.6 Å². The van der Waals surface area contributed by atoms with Crippen molar-refractivity contribution < 1.29 is 14.3 Å². The summed E-state index contributed by atoms with van der Waals surface area (Å²) in [5.41, 5.74) is -0.236. The summed E-state index contributed by atoms with van der Waals surface area (Å²) >= 11 is 0. The van der Waals surface area contributed by atoms with Gasteiger partial charge in [0.2, 0.25) is 5.91 Å². The van der Waals surface area contributed by atoms with Crippen molar-refractivity contribution in [2.24, 2.45) is 0 Å². The fourth-order valence-electron chi connectivity index (χ4n) is 1.32. The lowest BCUT2D eigenvalue weighted by molar-refractivity contribution is -0.145. The molecule has 106 valence electrons. The van der Waals surface area contributed by atoms with Gasteiger partial charge in [0, 0.05) is 5.54 Å². The number of hydrogen-bond donors (Lipinski definition) is 2. The second-order valence-corrected chi connectivity index (χ2v) is 5.09. The lowest BCUT2D eigenvalue weighted by Crippen LogP contribution is -2.53. The van der Waals surface area contributed by atoms with E-state index < -0.39 is 12.1 Å². The first-order valence-corrected chi connectivity index (χ1v) is 6.48. The van der Waals surface area contributed by atoms with Crippen LogP contribution >= 0.6 is 0 Å². The number of esters is 1. The van der Waals surface area contributed by atoms with Crippen molar-refractivity contribution >= 4 is 11.9 Å². The van der Waals surface area contributed by atoms with Crippen LogP contribution in [-0.4, -0.2) is 36.1 Å². The molecule has 1 amide bonds. The van der Waals surface area contributed by atoms with Crippen LogP contribution in [0.15, 0.2) is 0 Å². The van der Waals surface area contributed by atoms with Gasteiger partial charge in [-0.3, -0.25) is 14.9 Å². The first-order chi connectivity index (χ1) is 8.23.